The number of piperidine rings is 1. The predicted octanol–water partition coefficient (Wildman–Crippen LogP) is 4.19. The lowest BCUT2D eigenvalue weighted by molar-refractivity contribution is -0.139. The molecule has 2 atom stereocenters. The first-order valence-electron chi connectivity index (χ1n) is 12.2. The van der Waals surface area contributed by atoms with E-state index in [2.05, 4.69) is 20.8 Å². The number of amides is 2. The molecule has 182 valence electrons. The number of benzene rings is 2. The lowest BCUT2D eigenvalue weighted by Crippen LogP contribution is -2.51. The number of hydrogen-bond donors (Lipinski definition) is 0. The minimum atomic E-state index is -0.112. The van der Waals surface area contributed by atoms with E-state index in [1.54, 1.807) is 4.90 Å². The molecule has 2 saturated heterocycles. The summed E-state index contributed by atoms with van der Waals surface area (Å²) >= 11 is 3.50. The lowest BCUT2D eigenvalue weighted by atomic mass is 9.90. The van der Waals surface area contributed by atoms with Crippen molar-refractivity contribution in [2.24, 2.45) is 5.92 Å². The second-order valence-corrected chi connectivity index (χ2v) is 10.3. The molecular formula is C27H34BrN3O3. The van der Waals surface area contributed by atoms with Crippen LogP contribution in [0.2, 0.25) is 0 Å². The largest absolute Gasteiger partial charge is 0.490 e. The highest BCUT2D eigenvalue weighted by atomic mass is 79.9. The number of likely N-dealkylation sites (tertiary alicyclic amines) is 2. The SMILES string of the molecule is CN(Cc1ccccc1)C(=O)C[C@H]1CN(C(=O)CN2CCCC2)CC[C@@H]1Oc1cccc(Br)c1. The molecule has 2 aliphatic heterocycles. The molecule has 0 aromatic heterocycles. The molecule has 0 bridgehead atoms. The van der Waals surface area contributed by atoms with Gasteiger partial charge in [-0.05, 0) is 49.7 Å². The zero-order valence-electron chi connectivity index (χ0n) is 19.9. The van der Waals surface area contributed by atoms with Crippen molar-refractivity contribution in [3.8, 4) is 5.75 Å². The van der Waals surface area contributed by atoms with Crippen LogP contribution in [0.15, 0.2) is 59.1 Å². The molecular weight excluding hydrogens is 494 g/mol. The van der Waals surface area contributed by atoms with E-state index in [-0.39, 0.29) is 23.8 Å². The van der Waals surface area contributed by atoms with Crippen LogP contribution in [0.3, 0.4) is 0 Å². The normalized spacial score (nSPS) is 20.8. The van der Waals surface area contributed by atoms with Gasteiger partial charge in [0, 0.05) is 49.9 Å². The summed E-state index contributed by atoms with van der Waals surface area (Å²) in [6.07, 6.45) is 3.30. The molecule has 4 rings (SSSR count). The second-order valence-electron chi connectivity index (χ2n) is 9.42. The van der Waals surface area contributed by atoms with Crippen molar-refractivity contribution in [1.82, 2.24) is 14.7 Å². The van der Waals surface area contributed by atoms with Crippen LogP contribution in [-0.2, 0) is 16.1 Å². The lowest BCUT2D eigenvalue weighted by Gasteiger charge is -2.39. The quantitative estimate of drug-likeness (QED) is 0.516. The van der Waals surface area contributed by atoms with Gasteiger partial charge in [0.1, 0.15) is 11.9 Å². The fourth-order valence-electron chi connectivity index (χ4n) is 4.86. The van der Waals surface area contributed by atoms with Crippen molar-refractivity contribution in [2.45, 2.75) is 38.3 Å². The molecule has 2 fully saturated rings. The van der Waals surface area contributed by atoms with Gasteiger partial charge in [0.2, 0.25) is 11.8 Å². The standard InChI is InChI=1S/C27H34BrN3O3/c1-29(18-21-8-3-2-4-9-21)26(32)16-22-19-31(27(33)20-30-13-5-6-14-30)15-12-25(22)34-24-11-7-10-23(28)17-24/h2-4,7-11,17,22,25H,5-6,12-16,18-20H2,1H3/t22-,25-/m0/s1. The molecule has 0 aliphatic carbocycles. The Labute approximate surface area is 211 Å². The van der Waals surface area contributed by atoms with Gasteiger partial charge in [-0.2, -0.15) is 0 Å². The summed E-state index contributed by atoms with van der Waals surface area (Å²) < 4.78 is 7.32. The Morgan fingerprint density at radius 3 is 2.56 bits per heavy atom. The molecule has 0 unspecified atom stereocenters. The highest BCUT2D eigenvalue weighted by Crippen LogP contribution is 2.28. The van der Waals surface area contributed by atoms with Gasteiger partial charge in [-0.3, -0.25) is 14.5 Å². The Morgan fingerprint density at radius 2 is 1.82 bits per heavy atom. The molecule has 0 N–H and O–H groups in total. The van der Waals surface area contributed by atoms with Crippen molar-refractivity contribution in [3.05, 3.63) is 64.6 Å². The van der Waals surface area contributed by atoms with Gasteiger partial charge in [-0.25, -0.2) is 0 Å². The topological polar surface area (TPSA) is 53.1 Å². The number of ether oxygens (including phenoxy) is 1. The fraction of sp³-hybridized carbons (Fsp3) is 0.481. The molecule has 2 aliphatic rings. The van der Waals surface area contributed by atoms with E-state index in [9.17, 15) is 9.59 Å². The third-order valence-corrected chi connectivity index (χ3v) is 7.28. The van der Waals surface area contributed by atoms with E-state index in [0.717, 1.165) is 35.3 Å². The average Bonchev–Trinajstić information content (AvgIpc) is 3.34. The maximum Gasteiger partial charge on any atom is 0.236 e. The van der Waals surface area contributed by atoms with Gasteiger partial charge in [0.05, 0.1) is 6.54 Å². The summed E-state index contributed by atoms with van der Waals surface area (Å²) in [7, 11) is 1.85. The minimum absolute atomic E-state index is 0.0546. The van der Waals surface area contributed by atoms with Crippen molar-refractivity contribution in [1.29, 1.82) is 0 Å². The molecule has 2 amide bonds. The molecule has 2 aromatic rings. The highest BCUT2D eigenvalue weighted by molar-refractivity contribution is 9.10. The van der Waals surface area contributed by atoms with Gasteiger partial charge < -0.3 is 14.5 Å². The number of carbonyl (C=O) groups excluding carboxylic acids is 2. The third-order valence-electron chi connectivity index (χ3n) is 6.78. The summed E-state index contributed by atoms with van der Waals surface area (Å²) in [5.41, 5.74) is 1.10. The van der Waals surface area contributed by atoms with Crippen molar-refractivity contribution in [2.75, 3.05) is 39.8 Å². The number of halogens is 1. The van der Waals surface area contributed by atoms with E-state index in [0.29, 0.717) is 32.6 Å². The van der Waals surface area contributed by atoms with Crippen LogP contribution in [0.1, 0.15) is 31.2 Å². The summed E-state index contributed by atoms with van der Waals surface area (Å²) in [6.45, 7) is 4.26. The second kappa shape index (κ2) is 11.8. The van der Waals surface area contributed by atoms with E-state index in [1.807, 2.05) is 66.5 Å². The smallest absolute Gasteiger partial charge is 0.236 e. The van der Waals surface area contributed by atoms with Crippen molar-refractivity contribution in [3.63, 3.8) is 0 Å². The third kappa shape index (κ3) is 6.83. The average molecular weight is 528 g/mol. The monoisotopic (exact) mass is 527 g/mol. The fourth-order valence-corrected chi connectivity index (χ4v) is 5.24. The molecule has 2 heterocycles. The number of rotatable bonds is 8. The molecule has 6 nitrogen and oxygen atoms in total. The minimum Gasteiger partial charge on any atom is -0.490 e. The van der Waals surface area contributed by atoms with Crippen LogP contribution in [0.4, 0.5) is 0 Å². The van der Waals surface area contributed by atoms with E-state index in [4.69, 9.17) is 4.74 Å². The predicted molar refractivity (Wildman–Crippen MR) is 136 cm³/mol. The first kappa shape index (κ1) is 24.7. The van der Waals surface area contributed by atoms with Crippen LogP contribution >= 0.6 is 15.9 Å². The maximum absolute atomic E-state index is 13.2. The molecule has 7 heteroatoms. The van der Waals surface area contributed by atoms with Crippen LogP contribution < -0.4 is 4.74 Å². The van der Waals surface area contributed by atoms with E-state index in [1.165, 1.54) is 12.8 Å². The first-order chi connectivity index (χ1) is 16.5. The van der Waals surface area contributed by atoms with Crippen LogP contribution in [0.25, 0.3) is 0 Å². The van der Waals surface area contributed by atoms with Crippen LogP contribution in [0, 0.1) is 5.92 Å². The van der Waals surface area contributed by atoms with Crippen molar-refractivity contribution >= 4 is 27.7 Å². The maximum atomic E-state index is 13.2. The Hall–Kier alpha value is -2.38. The number of carbonyl (C=O) groups is 2. The summed E-state index contributed by atoms with van der Waals surface area (Å²) in [5.74, 6) is 0.968. The van der Waals surface area contributed by atoms with Crippen LogP contribution in [-0.4, -0.2) is 72.4 Å². The zero-order chi connectivity index (χ0) is 23.9. The summed E-state index contributed by atoms with van der Waals surface area (Å²) in [4.78, 5) is 32.1. The Bertz CT molecular complexity index is 965. The van der Waals surface area contributed by atoms with Gasteiger partial charge >= 0.3 is 0 Å². The van der Waals surface area contributed by atoms with Gasteiger partial charge in [-0.15, -0.1) is 0 Å². The van der Waals surface area contributed by atoms with Gasteiger partial charge in [0.15, 0.2) is 0 Å². The Balaban J connectivity index is 1.42. The van der Waals surface area contributed by atoms with Crippen molar-refractivity contribution < 1.29 is 14.3 Å². The van der Waals surface area contributed by atoms with E-state index < -0.39 is 0 Å². The summed E-state index contributed by atoms with van der Waals surface area (Å²) in [6, 6.07) is 17.8. The van der Waals surface area contributed by atoms with Crippen LogP contribution in [0.5, 0.6) is 5.75 Å². The Kier molecular flexibility index (Phi) is 8.62. The molecule has 0 radical (unpaired) electrons. The van der Waals surface area contributed by atoms with Gasteiger partial charge in [-0.1, -0.05) is 52.3 Å². The first-order valence-corrected chi connectivity index (χ1v) is 13.0. The number of nitrogens with zero attached hydrogens (tertiary/aromatic N) is 3. The van der Waals surface area contributed by atoms with Gasteiger partial charge in [0.25, 0.3) is 0 Å². The highest BCUT2D eigenvalue weighted by Gasteiger charge is 2.35. The number of hydrogen-bond acceptors (Lipinski definition) is 4. The summed E-state index contributed by atoms with van der Waals surface area (Å²) in [5, 5.41) is 0. The Morgan fingerprint density at radius 1 is 1.06 bits per heavy atom. The molecule has 34 heavy (non-hydrogen) atoms. The molecule has 2 aromatic carbocycles. The molecule has 0 spiro atoms. The van der Waals surface area contributed by atoms with E-state index >= 15 is 0 Å². The zero-order valence-corrected chi connectivity index (χ0v) is 21.5. The molecule has 0 saturated carbocycles.